The van der Waals surface area contributed by atoms with Gasteiger partial charge in [-0.05, 0) is 39.0 Å². The van der Waals surface area contributed by atoms with E-state index in [0.717, 1.165) is 0 Å². The molecule has 2 heterocycles. The Bertz CT molecular complexity index is 982. The van der Waals surface area contributed by atoms with Crippen molar-refractivity contribution in [2.45, 2.75) is 44.4 Å². The molecule has 0 aromatic carbocycles. The number of esters is 1. The van der Waals surface area contributed by atoms with E-state index in [1.54, 1.807) is 39.1 Å². The zero-order valence-electron chi connectivity index (χ0n) is 16.2. The third-order valence-corrected chi connectivity index (χ3v) is 5.14. The number of aromatic nitrogens is 2. The highest BCUT2D eigenvalue weighted by atomic mass is 32.2. The van der Waals surface area contributed by atoms with Crippen molar-refractivity contribution < 1.29 is 27.5 Å². The van der Waals surface area contributed by atoms with Gasteiger partial charge in [0.2, 0.25) is 0 Å². The number of carbonyl (C=O) groups excluding carboxylic acids is 2. The van der Waals surface area contributed by atoms with Gasteiger partial charge in [0.15, 0.2) is 14.9 Å². The summed E-state index contributed by atoms with van der Waals surface area (Å²) in [4.78, 5) is 31.3. The van der Waals surface area contributed by atoms with Crippen LogP contribution in [0.1, 0.15) is 32.9 Å². The third kappa shape index (κ3) is 6.15. The molecule has 2 aromatic heterocycles. The lowest BCUT2D eigenvalue weighted by Crippen LogP contribution is -2.32. The molecule has 0 fully saturated rings. The first-order valence-corrected chi connectivity index (χ1v) is 10.2. The number of nitrogens with zero attached hydrogens (tertiary/aromatic N) is 2. The van der Waals surface area contributed by atoms with Crippen LogP contribution in [0, 0.1) is 0 Å². The normalized spacial score (nSPS) is 11.9. The Labute approximate surface area is 163 Å². The zero-order chi connectivity index (χ0) is 20.9. The fourth-order valence-corrected chi connectivity index (χ4v) is 3.37. The minimum Gasteiger partial charge on any atom is -0.469 e. The number of alkyl carbamates (subject to hydrolysis) is 1. The molecule has 152 valence electrons. The number of sulfone groups is 1. The topological polar surface area (TPSA) is 125 Å². The number of ether oxygens (including phenoxy) is 2. The fraction of sp³-hybridized carbons (Fsp3) is 0.444. The molecule has 0 saturated heterocycles. The molecule has 0 unspecified atom stereocenters. The van der Waals surface area contributed by atoms with E-state index in [0.29, 0.717) is 16.6 Å². The van der Waals surface area contributed by atoms with Gasteiger partial charge in [0.05, 0.1) is 37.0 Å². The summed E-state index contributed by atoms with van der Waals surface area (Å²) < 4.78 is 34.4. The van der Waals surface area contributed by atoms with Gasteiger partial charge in [0.1, 0.15) is 5.60 Å². The third-order valence-electron chi connectivity index (χ3n) is 3.54. The van der Waals surface area contributed by atoms with Gasteiger partial charge in [-0.2, -0.15) is 0 Å². The van der Waals surface area contributed by atoms with Crippen molar-refractivity contribution in [2.24, 2.45) is 0 Å². The molecule has 0 aliphatic heterocycles. The van der Waals surface area contributed by atoms with Crippen molar-refractivity contribution in [1.82, 2.24) is 15.3 Å². The Morgan fingerprint density at radius 3 is 2.57 bits per heavy atom. The first-order chi connectivity index (χ1) is 13.0. The van der Waals surface area contributed by atoms with E-state index >= 15 is 0 Å². The summed E-state index contributed by atoms with van der Waals surface area (Å²) in [7, 11) is -2.54. The van der Waals surface area contributed by atoms with Crippen LogP contribution in [-0.2, 0) is 30.7 Å². The Balaban J connectivity index is 2.16. The molecule has 0 aliphatic rings. The van der Waals surface area contributed by atoms with Crippen LogP contribution in [0.2, 0.25) is 0 Å². The van der Waals surface area contributed by atoms with Crippen molar-refractivity contribution in [1.29, 1.82) is 0 Å². The van der Waals surface area contributed by atoms with Crippen LogP contribution in [0.25, 0.3) is 10.9 Å². The van der Waals surface area contributed by atoms with Crippen LogP contribution in [0.4, 0.5) is 4.79 Å². The van der Waals surface area contributed by atoms with Crippen LogP contribution in [0.3, 0.4) is 0 Å². The standard InChI is InChI=1S/C18H23N3O6S/c1-18(2,3)27-17(23)20-11-13-9-14-12(10-19-13)5-6-15(21-14)28(24,25)8-7-16(22)26-4/h5-6,9-10H,7-8,11H2,1-4H3,(H,20,23). The van der Waals surface area contributed by atoms with Gasteiger partial charge in [-0.3, -0.25) is 9.78 Å². The average Bonchev–Trinajstić information content (AvgIpc) is 2.62. The summed E-state index contributed by atoms with van der Waals surface area (Å²) in [6.45, 7) is 5.37. The first kappa shape index (κ1) is 21.5. The highest BCUT2D eigenvalue weighted by Gasteiger charge is 2.19. The highest BCUT2D eigenvalue weighted by Crippen LogP contribution is 2.17. The molecule has 0 atom stereocenters. The number of hydrogen-bond acceptors (Lipinski definition) is 8. The predicted octanol–water partition coefficient (Wildman–Crippen LogP) is 1.99. The lowest BCUT2D eigenvalue weighted by Gasteiger charge is -2.19. The maximum Gasteiger partial charge on any atom is 0.407 e. The largest absolute Gasteiger partial charge is 0.469 e. The van der Waals surface area contributed by atoms with Gasteiger partial charge in [-0.1, -0.05) is 0 Å². The van der Waals surface area contributed by atoms with E-state index in [2.05, 4.69) is 20.0 Å². The molecule has 1 amide bonds. The molecule has 0 aliphatic carbocycles. The van der Waals surface area contributed by atoms with Gasteiger partial charge in [0, 0.05) is 11.6 Å². The molecular weight excluding hydrogens is 386 g/mol. The summed E-state index contributed by atoms with van der Waals surface area (Å²) >= 11 is 0. The fourth-order valence-electron chi connectivity index (χ4n) is 2.21. The summed E-state index contributed by atoms with van der Waals surface area (Å²) in [6, 6.07) is 4.55. The van der Waals surface area contributed by atoms with Crippen LogP contribution in [0.15, 0.2) is 29.4 Å². The zero-order valence-corrected chi connectivity index (χ0v) is 17.0. The quantitative estimate of drug-likeness (QED) is 0.718. The molecule has 0 bridgehead atoms. The Morgan fingerprint density at radius 1 is 1.21 bits per heavy atom. The molecule has 10 heteroatoms. The van der Waals surface area contributed by atoms with Gasteiger partial charge in [-0.15, -0.1) is 0 Å². The van der Waals surface area contributed by atoms with Crippen molar-refractivity contribution in [3.8, 4) is 0 Å². The molecule has 9 nitrogen and oxygen atoms in total. The maximum atomic E-state index is 12.4. The monoisotopic (exact) mass is 409 g/mol. The number of methoxy groups -OCH3 is 1. The Hall–Kier alpha value is -2.75. The van der Waals surface area contributed by atoms with Crippen LogP contribution < -0.4 is 5.32 Å². The predicted molar refractivity (Wildman–Crippen MR) is 101 cm³/mol. The van der Waals surface area contributed by atoms with Gasteiger partial charge in [-0.25, -0.2) is 18.2 Å². The minimum absolute atomic E-state index is 0.103. The molecule has 0 spiro atoms. The lowest BCUT2D eigenvalue weighted by atomic mass is 10.2. The van der Waals surface area contributed by atoms with Crippen LogP contribution >= 0.6 is 0 Å². The molecular formula is C18H23N3O6S. The second-order valence-corrected chi connectivity index (χ2v) is 9.07. The van der Waals surface area contributed by atoms with Crippen molar-refractivity contribution in [3.63, 3.8) is 0 Å². The number of carbonyl (C=O) groups is 2. The number of amides is 1. The lowest BCUT2D eigenvalue weighted by molar-refractivity contribution is -0.140. The molecule has 0 radical (unpaired) electrons. The summed E-state index contributed by atoms with van der Waals surface area (Å²) in [5.74, 6) is -1.000. The second-order valence-electron chi connectivity index (χ2n) is 7.02. The molecule has 2 aromatic rings. The number of pyridine rings is 2. The number of rotatable bonds is 6. The SMILES string of the molecule is COC(=O)CCS(=O)(=O)c1ccc2cnc(CNC(=O)OC(C)(C)C)cc2n1. The van der Waals surface area contributed by atoms with E-state index in [4.69, 9.17) is 4.74 Å². The van der Waals surface area contributed by atoms with Gasteiger partial charge in [0.25, 0.3) is 0 Å². The summed E-state index contributed by atoms with van der Waals surface area (Å²) in [5.41, 5.74) is 0.292. The van der Waals surface area contributed by atoms with Crippen molar-refractivity contribution in [3.05, 3.63) is 30.1 Å². The van der Waals surface area contributed by atoms with Crippen molar-refractivity contribution >= 4 is 32.8 Å². The minimum atomic E-state index is -3.74. The number of hydrogen-bond donors (Lipinski definition) is 1. The molecule has 2 rings (SSSR count). The van der Waals surface area contributed by atoms with E-state index in [1.807, 2.05) is 0 Å². The molecule has 1 N–H and O–H groups in total. The summed E-state index contributed by atoms with van der Waals surface area (Å²) in [5, 5.41) is 3.09. The Kier molecular flexibility index (Phi) is 6.55. The maximum absolute atomic E-state index is 12.4. The van der Waals surface area contributed by atoms with Crippen LogP contribution in [0.5, 0.6) is 0 Å². The van der Waals surface area contributed by atoms with Gasteiger partial charge >= 0.3 is 12.1 Å². The van der Waals surface area contributed by atoms with E-state index < -0.39 is 33.3 Å². The van der Waals surface area contributed by atoms with E-state index in [1.165, 1.54) is 13.2 Å². The molecule has 28 heavy (non-hydrogen) atoms. The second kappa shape index (κ2) is 8.51. The number of nitrogens with one attached hydrogen (secondary N) is 1. The van der Waals surface area contributed by atoms with Crippen LogP contribution in [-0.4, -0.2) is 48.9 Å². The molecule has 0 saturated carbocycles. The smallest absolute Gasteiger partial charge is 0.407 e. The van der Waals surface area contributed by atoms with E-state index in [-0.39, 0.29) is 18.0 Å². The summed E-state index contributed by atoms with van der Waals surface area (Å²) in [6.07, 6.45) is 0.709. The Morgan fingerprint density at radius 2 is 1.93 bits per heavy atom. The van der Waals surface area contributed by atoms with Crippen molar-refractivity contribution in [2.75, 3.05) is 12.9 Å². The van der Waals surface area contributed by atoms with E-state index in [9.17, 15) is 18.0 Å². The average molecular weight is 409 g/mol. The highest BCUT2D eigenvalue weighted by molar-refractivity contribution is 7.91. The van der Waals surface area contributed by atoms with Gasteiger partial charge < -0.3 is 14.8 Å². The number of fused-ring (bicyclic) bond motifs is 1. The first-order valence-electron chi connectivity index (χ1n) is 8.52.